The van der Waals surface area contributed by atoms with Crippen molar-refractivity contribution in [1.29, 1.82) is 0 Å². The zero-order chi connectivity index (χ0) is 15.0. The van der Waals surface area contributed by atoms with Crippen LogP contribution in [0.3, 0.4) is 0 Å². The lowest BCUT2D eigenvalue weighted by Crippen LogP contribution is -1.99. The van der Waals surface area contributed by atoms with Crippen LogP contribution in [0.1, 0.15) is 10.4 Å². The molecule has 0 aliphatic heterocycles. The van der Waals surface area contributed by atoms with Crippen molar-refractivity contribution >= 4 is 32.9 Å². The standard InChI is InChI=1S/C14H10BrN3O3/c1-21-12-7-8(5-6-10(12)15)18-11-4-2-3-9(14(19)20)13(11)16-17-18/h2-7H,1H3,(H,19,20). The quantitative estimate of drug-likeness (QED) is 0.788. The van der Waals surface area contributed by atoms with Gasteiger partial charge in [-0.1, -0.05) is 11.3 Å². The van der Waals surface area contributed by atoms with E-state index < -0.39 is 5.97 Å². The number of carboxylic acid groups (broad SMARTS) is 1. The first-order chi connectivity index (χ1) is 10.1. The summed E-state index contributed by atoms with van der Waals surface area (Å²) in [7, 11) is 1.58. The fourth-order valence-corrected chi connectivity index (χ4v) is 2.50. The van der Waals surface area contributed by atoms with E-state index in [2.05, 4.69) is 26.2 Å². The van der Waals surface area contributed by atoms with Crippen LogP contribution in [0.5, 0.6) is 5.75 Å². The van der Waals surface area contributed by atoms with E-state index >= 15 is 0 Å². The van der Waals surface area contributed by atoms with E-state index in [0.29, 0.717) is 16.8 Å². The number of nitrogens with zero attached hydrogens (tertiary/aromatic N) is 3. The highest BCUT2D eigenvalue weighted by Gasteiger charge is 2.15. The van der Waals surface area contributed by atoms with Gasteiger partial charge in [-0.3, -0.25) is 0 Å². The van der Waals surface area contributed by atoms with Crippen LogP contribution in [0.15, 0.2) is 40.9 Å². The van der Waals surface area contributed by atoms with Gasteiger partial charge in [-0.05, 0) is 40.2 Å². The molecule has 0 bridgehead atoms. The van der Waals surface area contributed by atoms with Gasteiger partial charge in [-0.15, -0.1) is 5.10 Å². The van der Waals surface area contributed by atoms with E-state index in [1.54, 1.807) is 30.0 Å². The van der Waals surface area contributed by atoms with Crippen LogP contribution in [0.25, 0.3) is 16.7 Å². The summed E-state index contributed by atoms with van der Waals surface area (Å²) >= 11 is 3.39. The molecule has 106 valence electrons. The van der Waals surface area contributed by atoms with E-state index in [0.717, 1.165) is 10.2 Å². The smallest absolute Gasteiger partial charge is 0.338 e. The number of fused-ring (bicyclic) bond motifs is 1. The molecular weight excluding hydrogens is 338 g/mol. The van der Waals surface area contributed by atoms with Crippen molar-refractivity contribution in [3.63, 3.8) is 0 Å². The predicted molar refractivity (Wildman–Crippen MR) is 80.1 cm³/mol. The predicted octanol–water partition coefficient (Wildman–Crippen LogP) is 2.89. The highest BCUT2D eigenvalue weighted by Crippen LogP contribution is 2.28. The number of aromatic nitrogens is 3. The third kappa shape index (κ3) is 2.25. The molecule has 0 aliphatic carbocycles. The Labute approximate surface area is 128 Å². The number of carboxylic acids is 1. The van der Waals surface area contributed by atoms with Crippen molar-refractivity contribution in [3.05, 3.63) is 46.4 Å². The van der Waals surface area contributed by atoms with Crippen molar-refractivity contribution in [2.24, 2.45) is 0 Å². The molecule has 3 aromatic rings. The summed E-state index contributed by atoms with van der Waals surface area (Å²) < 4.78 is 7.66. The molecule has 21 heavy (non-hydrogen) atoms. The molecular formula is C14H10BrN3O3. The van der Waals surface area contributed by atoms with E-state index in [1.807, 2.05) is 12.1 Å². The average Bonchev–Trinajstić information content (AvgIpc) is 2.91. The van der Waals surface area contributed by atoms with E-state index in [1.165, 1.54) is 6.07 Å². The Balaban J connectivity index is 2.22. The summed E-state index contributed by atoms with van der Waals surface area (Å²) in [5.74, 6) is -0.369. The molecule has 1 heterocycles. The SMILES string of the molecule is COc1cc(-n2nnc3c(C(=O)O)cccc32)ccc1Br. The largest absolute Gasteiger partial charge is 0.495 e. The minimum Gasteiger partial charge on any atom is -0.495 e. The first kappa shape index (κ1) is 13.6. The van der Waals surface area contributed by atoms with Gasteiger partial charge >= 0.3 is 5.97 Å². The Kier molecular flexibility index (Phi) is 3.34. The number of carbonyl (C=O) groups is 1. The normalized spacial score (nSPS) is 10.8. The molecule has 2 aromatic carbocycles. The van der Waals surface area contributed by atoms with E-state index in [-0.39, 0.29) is 5.56 Å². The summed E-state index contributed by atoms with van der Waals surface area (Å²) in [6.07, 6.45) is 0. The Morgan fingerprint density at radius 3 is 2.86 bits per heavy atom. The minimum absolute atomic E-state index is 0.128. The second-order valence-electron chi connectivity index (χ2n) is 4.30. The van der Waals surface area contributed by atoms with Gasteiger partial charge in [0.05, 0.1) is 28.4 Å². The molecule has 6 nitrogen and oxygen atoms in total. The van der Waals surface area contributed by atoms with Gasteiger partial charge in [0.2, 0.25) is 0 Å². The number of hydrogen-bond acceptors (Lipinski definition) is 4. The maximum atomic E-state index is 11.2. The zero-order valence-corrected chi connectivity index (χ0v) is 12.5. The monoisotopic (exact) mass is 347 g/mol. The van der Waals surface area contributed by atoms with Gasteiger partial charge in [0.15, 0.2) is 0 Å². The molecule has 0 atom stereocenters. The van der Waals surface area contributed by atoms with Crippen LogP contribution < -0.4 is 4.74 Å². The second-order valence-corrected chi connectivity index (χ2v) is 5.15. The van der Waals surface area contributed by atoms with Crippen molar-refractivity contribution < 1.29 is 14.6 Å². The van der Waals surface area contributed by atoms with Gasteiger partial charge in [0, 0.05) is 6.07 Å². The molecule has 1 aromatic heterocycles. The molecule has 0 saturated carbocycles. The first-order valence-corrected chi connectivity index (χ1v) is 6.82. The van der Waals surface area contributed by atoms with Crippen molar-refractivity contribution in [1.82, 2.24) is 15.0 Å². The van der Waals surface area contributed by atoms with Gasteiger partial charge in [-0.25, -0.2) is 9.48 Å². The van der Waals surface area contributed by atoms with Gasteiger partial charge < -0.3 is 9.84 Å². The molecule has 7 heteroatoms. The Bertz CT molecular complexity index is 845. The Morgan fingerprint density at radius 1 is 1.33 bits per heavy atom. The van der Waals surface area contributed by atoms with Crippen LogP contribution in [0.2, 0.25) is 0 Å². The fraction of sp³-hybridized carbons (Fsp3) is 0.0714. The number of methoxy groups -OCH3 is 1. The number of hydrogen-bond donors (Lipinski definition) is 1. The maximum Gasteiger partial charge on any atom is 0.338 e. The lowest BCUT2D eigenvalue weighted by molar-refractivity contribution is 0.0699. The minimum atomic E-state index is -1.03. The maximum absolute atomic E-state index is 11.2. The Morgan fingerprint density at radius 2 is 2.14 bits per heavy atom. The van der Waals surface area contributed by atoms with Crippen molar-refractivity contribution in [3.8, 4) is 11.4 Å². The number of aromatic carboxylic acids is 1. The lowest BCUT2D eigenvalue weighted by Gasteiger charge is -2.07. The molecule has 0 aliphatic rings. The fourth-order valence-electron chi connectivity index (χ4n) is 2.09. The van der Waals surface area contributed by atoms with Crippen LogP contribution in [0.4, 0.5) is 0 Å². The summed E-state index contributed by atoms with van der Waals surface area (Å²) in [5.41, 5.74) is 1.84. The third-order valence-corrected chi connectivity index (χ3v) is 3.74. The molecule has 0 unspecified atom stereocenters. The topological polar surface area (TPSA) is 77.2 Å². The highest BCUT2D eigenvalue weighted by atomic mass is 79.9. The Hall–Kier alpha value is -2.41. The van der Waals surface area contributed by atoms with Crippen molar-refractivity contribution in [2.45, 2.75) is 0 Å². The average molecular weight is 348 g/mol. The number of rotatable bonds is 3. The molecule has 1 N–H and O–H groups in total. The molecule has 3 rings (SSSR count). The van der Waals surface area contributed by atoms with Crippen LogP contribution in [0, 0.1) is 0 Å². The number of benzene rings is 2. The summed E-state index contributed by atoms with van der Waals surface area (Å²) in [5, 5.41) is 17.2. The van der Waals surface area contributed by atoms with Gasteiger partial charge in [0.25, 0.3) is 0 Å². The number of ether oxygens (including phenoxy) is 1. The van der Waals surface area contributed by atoms with Crippen LogP contribution in [-0.2, 0) is 0 Å². The number of halogens is 1. The molecule has 0 saturated heterocycles. The van der Waals surface area contributed by atoms with Crippen LogP contribution in [-0.4, -0.2) is 33.2 Å². The summed E-state index contributed by atoms with van der Waals surface area (Å²) in [6, 6.07) is 10.4. The lowest BCUT2D eigenvalue weighted by atomic mass is 10.2. The second kappa shape index (κ2) is 5.17. The summed E-state index contributed by atoms with van der Waals surface area (Å²) in [4.78, 5) is 11.2. The van der Waals surface area contributed by atoms with E-state index in [4.69, 9.17) is 4.74 Å². The molecule has 0 radical (unpaired) electrons. The molecule has 0 amide bonds. The molecule has 0 fully saturated rings. The van der Waals surface area contributed by atoms with Gasteiger partial charge in [0.1, 0.15) is 11.3 Å². The van der Waals surface area contributed by atoms with Crippen LogP contribution >= 0.6 is 15.9 Å². The first-order valence-electron chi connectivity index (χ1n) is 6.03. The zero-order valence-electron chi connectivity index (χ0n) is 10.9. The van der Waals surface area contributed by atoms with Gasteiger partial charge in [-0.2, -0.15) is 0 Å². The van der Waals surface area contributed by atoms with E-state index in [9.17, 15) is 9.90 Å². The van der Waals surface area contributed by atoms with Crippen molar-refractivity contribution in [2.75, 3.05) is 7.11 Å². The third-order valence-electron chi connectivity index (χ3n) is 3.09. The molecule has 0 spiro atoms. The summed E-state index contributed by atoms with van der Waals surface area (Å²) in [6.45, 7) is 0. The highest BCUT2D eigenvalue weighted by molar-refractivity contribution is 9.10.